The van der Waals surface area contributed by atoms with Crippen molar-refractivity contribution in [2.45, 2.75) is 19.9 Å². The molecule has 1 N–H and O–H groups in total. The molecule has 0 saturated heterocycles. The van der Waals surface area contributed by atoms with Crippen molar-refractivity contribution >= 4 is 28.5 Å². The number of nitrogens with zero attached hydrogens (tertiary/aromatic N) is 4. The van der Waals surface area contributed by atoms with E-state index in [-0.39, 0.29) is 11.1 Å². The van der Waals surface area contributed by atoms with Gasteiger partial charge in [-0.05, 0) is 54.8 Å². The average molecular weight is 360 g/mol. The zero-order chi connectivity index (χ0) is 19.3. The molecule has 1 aromatic carbocycles. The number of carboxylic acids is 1. The van der Waals surface area contributed by atoms with Crippen LogP contribution in [0.5, 0.6) is 0 Å². The molecule has 0 aliphatic carbocycles. The Morgan fingerprint density at radius 1 is 1.37 bits per heavy atom. The Hall–Kier alpha value is -3.66. The summed E-state index contributed by atoms with van der Waals surface area (Å²) in [5.74, 6) is -0.504. The van der Waals surface area contributed by atoms with Crippen LogP contribution in [0.2, 0.25) is 0 Å². The van der Waals surface area contributed by atoms with Crippen LogP contribution in [-0.2, 0) is 13.6 Å². The van der Waals surface area contributed by atoms with Crippen molar-refractivity contribution in [1.29, 1.82) is 5.26 Å². The monoisotopic (exact) mass is 360 g/mol. The van der Waals surface area contributed by atoms with Gasteiger partial charge in [0.25, 0.3) is 5.56 Å². The summed E-state index contributed by atoms with van der Waals surface area (Å²) in [6.45, 7) is 2.46. The molecule has 0 fully saturated rings. The maximum absolute atomic E-state index is 12.8. The minimum absolute atomic E-state index is 0.0976. The van der Waals surface area contributed by atoms with Gasteiger partial charge in [-0.25, -0.2) is 9.78 Å². The molecule has 7 heteroatoms. The average Bonchev–Trinajstić information content (AvgIpc) is 3.17. The van der Waals surface area contributed by atoms with Crippen LogP contribution in [0.1, 0.15) is 39.6 Å². The molecule has 0 unspecified atom stereocenters. The number of benzene rings is 1. The molecule has 0 bridgehead atoms. The fourth-order valence-electron chi connectivity index (χ4n) is 3.45. The summed E-state index contributed by atoms with van der Waals surface area (Å²) in [5.41, 5.74) is 3.62. The molecule has 0 spiro atoms. The van der Waals surface area contributed by atoms with Crippen molar-refractivity contribution in [1.82, 2.24) is 14.1 Å². The molecule has 134 valence electrons. The van der Waals surface area contributed by atoms with Gasteiger partial charge in [0.05, 0.1) is 16.5 Å². The van der Waals surface area contributed by atoms with Crippen molar-refractivity contribution < 1.29 is 9.90 Å². The molecular formula is C20H16N4O3. The number of nitriles is 1. The highest BCUT2D eigenvalue weighted by Gasteiger charge is 2.22. The molecule has 3 heterocycles. The van der Waals surface area contributed by atoms with E-state index in [1.165, 1.54) is 18.2 Å². The molecule has 0 amide bonds. The van der Waals surface area contributed by atoms with Gasteiger partial charge < -0.3 is 9.67 Å². The third-order valence-electron chi connectivity index (χ3n) is 5.11. The SMILES string of the molecule is Cc1c(/C=C2/CCn3c2nc2cc(C(=O)O)ccc2c3=O)cc(C#N)n1C. The molecule has 4 rings (SSSR count). The maximum Gasteiger partial charge on any atom is 0.335 e. The second-order valence-corrected chi connectivity index (χ2v) is 6.59. The Kier molecular flexibility index (Phi) is 3.70. The topological polar surface area (TPSA) is 101 Å². The third-order valence-corrected chi connectivity index (χ3v) is 5.11. The second kappa shape index (κ2) is 5.95. The van der Waals surface area contributed by atoms with Crippen LogP contribution in [0.3, 0.4) is 0 Å². The van der Waals surface area contributed by atoms with Gasteiger partial charge >= 0.3 is 5.97 Å². The van der Waals surface area contributed by atoms with Crippen LogP contribution < -0.4 is 5.56 Å². The zero-order valence-corrected chi connectivity index (χ0v) is 14.9. The van der Waals surface area contributed by atoms with E-state index in [2.05, 4.69) is 11.1 Å². The Bertz CT molecular complexity index is 1250. The van der Waals surface area contributed by atoms with Crippen LogP contribution in [0.25, 0.3) is 22.6 Å². The van der Waals surface area contributed by atoms with Gasteiger partial charge in [0, 0.05) is 19.3 Å². The maximum atomic E-state index is 12.8. The molecule has 0 saturated carbocycles. The molecule has 0 radical (unpaired) electrons. The Morgan fingerprint density at radius 2 is 2.15 bits per heavy atom. The third kappa shape index (κ3) is 2.54. The number of carbonyl (C=O) groups is 1. The quantitative estimate of drug-likeness (QED) is 0.757. The molecule has 7 nitrogen and oxygen atoms in total. The molecule has 2 aromatic heterocycles. The number of aromatic carboxylic acids is 1. The summed E-state index contributed by atoms with van der Waals surface area (Å²) in [7, 11) is 1.84. The zero-order valence-electron chi connectivity index (χ0n) is 14.9. The first-order valence-electron chi connectivity index (χ1n) is 8.46. The summed E-state index contributed by atoms with van der Waals surface area (Å²) in [4.78, 5) is 28.6. The smallest absolute Gasteiger partial charge is 0.335 e. The van der Waals surface area contributed by atoms with Crippen LogP contribution in [0.15, 0.2) is 29.1 Å². The summed E-state index contributed by atoms with van der Waals surface area (Å²) < 4.78 is 3.44. The van der Waals surface area contributed by atoms with Crippen LogP contribution in [-0.4, -0.2) is 25.2 Å². The van der Waals surface area contributed by atoms with E-state index in [0.29, 0.717) is 35.4 Å². The molecule has 3 aromatic rings. The van der Waals surface area contributed by atoms with Gasteiger partial charge in [-0.3, -0.25) is 9.36 Å². The van der Waals surface area contributed by atoms with E-state index in [9.17, 15) is 20.0 Å². The first-order chi connectivity index (χ1) is 12.9. The molecule has 0 atom stereocenters. The number of aromatic nitrogens is 3. The summed E-state index contributed by atoms with van der Waals surface area (Å²) >= 11 is 0. The van der Waals surface area contributed by atoms with Crippen molar-refractivity contribution in [3.63, 3.8) is 0 Å². The first kappa shape index (κ1) is 16.8. The van der Waals surface area contributed by atoms with Crippen molar-refractivity contribution in [3.05, 3.63) is 63.0 Å². The lowest BCUT2D eigenvalue weighted by molar-refractivity contribution is 0.0697. The number of fused-ring (bicyclic) bond motifs is 2. The highest BCUT2D eigenvalue weighted by Crippen LogP contribution is 2.29. The second-order valence-electron chi connectivity index (χ2n) is 6.59. The van der Waals surface area contributed by atoms with Gasteiger partial charge in [-0.2, -0.15) is 5.26 Å². The van der Waals surface area contributed by atoms with E-state index < -0.39 is 5.97 Å². The fraction of sp³-hybridized carbons (Fsp3) is 0.200. The van der Waals surface area contributed by atoms with Crippen molar-refractivity contribution in [3.8, 4) is 6.07 Å². The van der Waals surface area contributed by atoms with Gasteiger partial charge in [-0.1, -0.05) is 0 Å². The number of hydrogen-bond acceptors (Lipinski definition) is 4. The van der Waals surface area contributed by atoms with E-state index in [1.807, 2.05) is 30.7 Å². The van der Waals surface area contributed by atoms with E-state index in [0.717, 1.165) is 16.8 Å². The largest absolute Gasteiger partial charge is 0.478 e. The van der Waals surface area contributed by atoms with E-state index in [1.54, 1.807) is 4.57 Å². The molecule has 27 heavy (non-hydrogen) atoms. The number of allylic oxidation sites excluding steroid dienone is 1. The first-order valence-corrected chi connectivity index (χ1v) is 8.46. The highest BCUT2D eigenvalue weighted by atomic mass is 16.4. The van der Waals surface area contributed by atoms with Gasteiger partial charge in [0.1, 0.15) is 17.6 Å². The van der Waals surface area contributed by atoms with Crippen LogP contribution in [0, 0.1) is 18.3 Å². The number of rotatable bonds is 2. The number of carboxylic acid groups (broad SMARTS) is 1. The minimum atomic E-state index is -1.06. The number of hydrogen-bond donors (Lipinski definition) is 1. The lowest BCUT2D eigenvalue weighted by Gasteiger charge is -2.06. The summed E-state index contributed by atoms with van der Waals surface area (Å²) in [5, 5.41) is 18.8. The Morgan fingerprint density at radius 3 is 2.81 bits per heavy atom. The molecule has 1 aliphatic rings. The predicted molar refractivity (Wildman–Crippen MR) is 100 cm³/mol. The minimum Gasteiger partial charge on any atom is -0.478 e. The van der Waals surface area contributed by atoms with Crippen LogP contribution >= 0.6 is 0 Å². The highest BCUT2D eigenvalue weighted by molar-refractivity contribution is 5.93. The van der Waals surface area contributed by atoms with E-state index in [4.69, 9.17) is 0 Å². The fourth-order valence-corrected chi connectivity index (χ4v) is 3.45. The lowest BCUT2D eigenvalue weighted by atomic mass is 10.1. The Balaban J connectivity index is 1.91. The van der Waals surface area contributed by atoms with Gasteiger partial charge in [0.15, 0.2) is 0 Å². The Labute approximate surface area is 154 Å². The molecular weight excluding hydrogens is 344 g/mol. The van der Waals surface area contributed by atoms with Crippen molar-refractivity contribution in [2.75, 3.05) is 0 Å². The molecule has 1 aliphatic heterocycles. The summed E-state index contributed by atoms with van der Waals surface area (Å²) in [6, 6.07) is 8.34. The predicted octanol–water partition coefficient (Wildman–Crippen LogP) is 2.56. The van der Waals surface area contributed by atoms with Crippen molar-refractivity contribution in [2.24, 2.45) is 7.05 Å². The normalized spacial score (nSPS) is 14.5. The van der Waals surface area contributed by atoms with Crippen LogP contribution in [0.4, 0.5) is 0 Å². The van der Waals surface area contributed by atoms with Gasteiger partial charge in [0.2, 0.25) is 0 Å². The van der Waals surface area contributed by atoms with E-state index >= 15 is 0 Å². The lowest BCUT2D eigenvalue weighted by Crippen LogP contribution is -2.21. The van der Waals surface area contributed by atoms with Gasteiger partial charge in [-0.15, -0.1) is 0 Å². The standard InChI is InChI=1S/C20H16N4O3/c1-11-14(8-15(10-21)23(11)2)7-12-5-6-24-18(12)22-17-9-13(20(26)27)3-4-16(17)19(24)25/h3-4,7-9H,5-6H2,1-2H3,(H,26,27)/b12-7-. The summed E-state index contributed by atoms with van der Waals surface area (Å²) in [6.07, 6.45) is 2.61.